The third-order valence-corrected chi connectivity index (χ3v) is 5.87. The first kappa shape index (κ1) is 20.6. The number of carbonyl (C=O) groups is 1. The van der Waals surface area contributed by atoms with E-state index in [2.05, 4.69) is 20.2 Å². The number of pyridine rings is 2. The molecule has 152 valence electrons. The van der Waals surface area contributed by atoms with Gasteiger partial charge in [-0.25, -0.2) is 8.42 Å². The molecule has 0 aliphatic heterocycles. The minimum absolute atomic E-state index is 0.00341. The van der Waals surface area contributed by atoms with Crippen LogP contribution in [-0.2, 0) is 23.1 Å². The number of aldehydes is 1. The van der Waals surface area contributed by atoms with Crippen LogP contribution in [0.2, 0.25) is 0 Å². The summed E-state index contributed by atoms with van der Waals surface area (Å²) in [6, 6.07) is 2.82. The number of nitrogens with zero attached hydrogens (tertiary/aromatic N) is 5. The van der Waals surface area contributed by atoms with Gasteiger partial charge in [-0.05, 0) is 18.2 Å². The van der Waals surface area contributed by atoms with Gasteiger partial charge in [-0.3, -0.25) is 14.8 Å². The molecule has 0 aliphatic carbocycles. The molecule has 0 saturated carbocycles. The predicted octanol–water partition coefficient (Wildman–Crippen LogP) is 2.56. The van der Waals surface area contributed by atoms with Crippen molar-refractivity contribution >= 4 is 16.1 Å². The van der Waals surface area contributed by atoms with E-state index < -0.39 is 21.6 Å². The van der Waals surface area contributed by atoms with E-state index in [-0.39, 0.29) is 39.2 Å². The summed E-state index contributed by atoms with van der Waals surface area (Å²) in [5.74, 6) is -0.250. The highest BCUT2D eigenvalue weighted by atomic mass is 32.2. The van der Waals surface area contributed by atoms with E-state index in [1.807, 2.05) is 0 Å². The van der Waals surface area contributed by atoms with Crippen molar-refractivity contribution in [2.24, 2.45) is 7.05 Å². The van der Waals surface area contributed by atoms with Crippen molar-refractivity contribution in [1.82, 2.24) is 24.7 Å². The maximum Gasteiger partial charge on any atom is 0.416 e. The van der Waals surface area contributed by atoms with Gasteiger partial charge in [0.2, 0.25) is 0 Å². The van der Waals surface area contributed by atoms with E-state index in [1.54, 1.807) is 0 Å². The normalized spacial score (nSPS) is 12.2. The molecule has 0 spiro atoms. The van der Waals surface area contributed by atoms with Crippen molar-refractivity contribution in [2.75, 3.05) is 5.75 Å². The number of rotatable bonds is 5. The molecule has 0 N–H and O–H groups in total. The van der Waals surface area contributed by atoms with Crippen molar-refractivity contribution < 1.29 is 26.4 Å². The van der Waals surface area contributed by atoms with Gasteiger partial charge in [0.1, 0.15) is 11.4 Å². The minimum atomic E-state index is -4.56. The first-order valence-electron chi connectivity index (χ1n) is 8.20. The van der Waals surface area contributed by atoms with Gasteiger partial charge in [0.05, 0.1) is 16.2 Å². The van der Waals surface area contributed by atoms with Crippen LogP contribution in [0, 0.1) is 0 Å². The zero-order valence-electron chi connectivity index (χ0n) is 15.2. The number of halogens is 3. The van der Waals surface area contributed by atoms with Crippen LogP contribution in [0.25, 0.3) is 23.0 Å². The molecule has 12 heteroatoms. The second-order valence-electron chi connectivity index (χ2n) is 5.97. The SMILES string of the molecule is CCS(=O)(=O)c1cc(C=O)cnc1-c1nnc(-c2cc(C(F)(F)F)ccn2)n1C. The van der Waals surface area contributed by atoms with Crippen molar-refractivity contribution in [2.45, 2.75) is 18.0 Å². The van der Waals surface area contributed by atoms with E-state index in [9.17, 15) is 26.4 Å². The van der Waals surface area contributed by atoms with E-state index in [1.165, 1.54) is 30.8 Å². The summed E-state index contributed by atoms with van der Waals surface area (Å²) in [5, 5.41) is 7.75. The average molecular weight is 425 g/mol. The maximum absolute atomic E-state index is 13.0. The van der Waals surface area contributed by atoms with Crippen molar-refractivity contribution in [1.29, 1.82) is 0 Å². The van der Waals surface area contributed by atoms with Gasteiger partial charge in [0.15, 0.2) is 27.8 Å². The molecule has 3 rings (SSSR count). The Labute approximate surface area is 163 Å². The molecule has 3 aromatic rings. The fourth-order valence-corrected chi connectivity index (χ4v) is 3.64. The zero-order valence-corrected chi connectivity index (χ0v) is 16.0. The Morgan fingerprint density at radius 3 is 2.45 bits per heavy atom. The minimum Gasteiger partial charge on any atom is -0.307 e. The van der Waals surface area contributed by atoms with Gasteiger partial charge >= 0.3 is 6.18 Å². The van der Waals surface area contributed by atoms with Crippen LogP contribution in [0.3, 0.4) is 0 Å². The molecule has 3 heterocycles. The number of hydrogen-bond donors (Lipinski definition) is 0. The smallest absolute Gasteiger partial charge is 0.307 e. The highest BCUT2D eigenvalue weighted by Crippen LogP contribution is 2.32. The number of carbonyl (C=O) groups excluding carboxylic acids is 1. The molecule has 0 radical (unpaired) electrons. The Kier molecular flexibility index (Phi) is 5.22. The molecule has 0 aromatic carbocycles. The molecule has 0 amide bonds. The molecule has 0 saturated heterocycles. The Morgan fingerprint density at radius 1 is 1.14 bits per heavy atom. The quantitative estimate of drug-likeness (QED) is 0.578. The van der Waals surface area contributed by atoms with Crippen LogP contribution in [0.15, 0.2) is 35.5 Å². The Morgan fingerprint density at radius 2 is 1.83 bits per heavy atom. The molecule has 0 unspecified atom stereocenters. The van der Waals surface area contributed by atoms with Crippen molar-refractivity contribution in [3.63, 3.8) is 0 Å². The second-order valence-corrected chi connectivity index (χ2v) is 8.22. The van der Waals surface area contributed by atoms with E-state index >= 15 is 0 Å². The summed E-state index contributed by atoms with van der Waals surface area (Å²) < 4.78 is 65.1. The van der Waals surface area contributed by atoms with Crippen LogP contribution < -0.4 is 0 Å². The predicted molar refractivity (Wildman–Crippen MR) is 95.6 cm³/mol. The van der Waals surface area contributed by atoms with Crippen LogP contribution in [0.4, 0.5) is 13.2 Å². The zero-order chi connectivity index (χ0) is 21.4. The third kappa shape index (κ3) is 3.88. The summed E-state index contributed by atoms with van der Waals surface area (Å²) in [4.78, 5) is 18.7. The highest BCUT2D eigenvalue weighted by Gasteiger charge is 2.31. The van der Waals surface area contributed by atoms with Gasteiger partial charge in [-0.15, -0.1) is 10.2 Å². The Balaban J connectivity index is 2.18. The Bertz CT molecular complexity index is 1190. The lowest BCUT2D eigenvalue weighted by molar-refractivity contribution is -0.137. The molecular formula is C17H14F3N5O3S. The topological polar surface area (TPSA) is 108 Å². The fourth-order valence-electron chi connectivity index (χ4n) is 2.57. The lowest BCUT2D eigenvalue weighted by Crippen LogP contribution is -2.10. The van der Waals surface area contributed by atoms with Gasteiger partial charge in [0, 0.05) is 25.0 Å². The fraction of sp³-hybridized carbons (Fsp3) is 0.235. The molecule has 0 atom stereocenters. The summed E-state index contributed by atoms with van der Waals surface area (Å²) >= 11 is 0. The first-order valence-corrected chi connectivity index (χ1v) is 9.85. The molecule has 8 nitrogen and oxygen atoms in total. The lowest BCUT2D eigenvalue weighted by Gasteiger charge is -2.10. The number of sulfone groups is 1. The molecule has 0 fully saturated rings. The summed E-state index contributed by atoms with van der Waals surface area (Å²) in [5.41, 5.74) is -1.01. The van der Waals surface area contributed by atoms with E-state index in [0.29, 0.717) is 6.29 Å². The van der Waals surface area contributed by atoms with Crippen molar-refractivity contribution in [3.05, 3.63) is 41.7 Å². The molecular weight excluding hydrogens is 411 g/mol. The maximum atomic E-state index is 13.0. The van der Waals surface area contributed by atoms with Crippen molar-refractivity contribution in [3.8, 4) is 23.0 Å². The van der Waals surface area contributed by atoms with Gasteiger partial charge in [0.25, 0.3) is 0 Å². The van der Waals surface area contributed by atoms with E-state index in [0.717, 1.165) is 18.3 Å². The number of aromatic nitrogens is 5. The number of hydrogen-bond acceptors (Lipinski definition) is 7. The summed E-state index contributed by atoms with van der Waals surface area (Å²) in [7, 11) is -2.33. The first-order chi connectivity index (χ1) is 13.6. The van der Waals surface area contributed by atoms with E-state index in [4.69, 9.17) is 0 Å². The number of alkyl halides is 3. The van der Waals surface area contributed by atoms with Gasteiger partial charge in [-0.2, -0.15) is 13.2 Å². The molecule has 29 heavy (non-hydrogen) atoms. The van der Waals surface area contributed by atoms with Crippen LogP contribution in [0.5, 0.6) is 0 Å². The van der Waals surface area contributed by atoms with Crippen LogP contribution in [-0.4, -0.2) is 45.2 Å². The van der Waals surface area contributed by atoms with Gasteiger partial charge < -0.3 is 4.57 Å². The monoisotopic (exact) mass is 425 g/mol. The standard InChI is InChI=1S/C17H14F3N5O3S/c1-3-29(27,28)13-6-10(9-26)8-22-14(13)16-24-23-15(25(16)2)12-7-11(4-5-21-12)17(18,19)20/h4-9H,3H2,1-2H3. The molecule has 3 aromatic heterocycles. The molecule has 0 bridgehead atoms. The Hall–Kier alpha value is -3.15. The van der Waals surface area contributed by atoms with Crippen LogP contribution in [0.1, 0.15) is 22.8 Å². The lowest BCUT2D eigenvalue weighted by atomic mass is 10.2. The summed E-state index contributed by atoms with van der Waals surface area (Å²) in [6.45, 7) is 1.43. The largest absolute Gasteiger partial charge is 0.416 e. The second kappa shape index (κ2) is 7.35. The average Bonchev–Trinajstić information content (AvgIpc) is 3.08. The third-order valence-electron chi connectivity index (χ3n) is 4.13. The molecule has 0 aliphatic rings. The highest BCUT2D eigenvalue weighted by molar-refractivity contribution is 7.91. The summed E-state index contributed by atoms with van der Waals surface area (Å²) in [6.07, 6.45) is -1.93. The van der Waals surface area contributed by atoms with Crippen LogP contribution >= 0.6 is 0 Å². The van der Waals surface area contributed by atoms with Gasteiger partial charge in [-0.1, -0.05) is 6.92 Å².